The normalized spacial score (nSPS) is 20.0. The van der Waals surface area contributed by atoms with E-state index in [4.69, 9.17) is 4.74 Å². The van der Waals surface area contributed by atoms with E-state index in [0.717, 1.165) is 35.1 Å². The van der Waals surface area contributed by atoms with Crippen LogP contribution in [-0.4, -0.2) is 53.2 Å². The van der Waals surface area contributed by atoms with E-state index in [1.807, 2.05) is 38.1 Å². The fourth-order valence-electron chi connectivity index (χ4n) is 5.44. The molecule has 0 bridgehead atoms. The topological polar surface area (TPSA) is 95.9 Å². The highest BCUT2D eigenvalue weighted by atomic mass is 16.5. The zero-order chi connectivity index (χ0) is 24.9. The Morgan fingerprint density at radius 2 is 1.69 bits per heavy atom. The summed E-state index contributed by atoms with van der Waals surface area (Å²) in [4.78, 5) is 39.4. The van der Waals surface area contributed by atoms with E-state index in [1.54, 1.807) is 0 Å². The van der Waals surface area contributed by atoms with Crippen molar-refractivity contribution in [1.29, 1.82) is 0 Å². The van der Waals surface area contributed by atoms with Crippen LogP contribution in [-0.2, 0) is 14.3 Å². The summed E-state index contributed by atoms with van der Waals surface area (Å²) in [6, 6.07) is 14.5. The minimum Gasteiger partial charge on any atom is -0.480 e. The van der Waals surface area contributed by atoms with Crippen molar-refractivity contribution in [3.8, 4) is 11.1 Å². The number of carbonyl (C=O) groups is 3. The molecule has 2 aromatic carbocycles. The summed E-state index contributed by atoms with van der Waals surface area (Å²) in [5.41, 5.74) is 4.52. The number of fused-ring (bicyclic) bond motifs is 3. The van der Waals surface area contributed by atoms with Crippen molar-refractivity contribution in [2.24, 2.45) is 5.92 Å². The lowest BCUT2D eigenvalue weighted by molar-refractivity contribution is -0.154. The Labute approximate surface area is 206 Å². The van der Waals surface area contributed by atoms with E-state index in [-0.39, 0.29) is 18.4 Å². The number of hydrogen-bond acceptors (Lipinski definition) is 4. The summed E-state index contributed by atoms with van der Waals surface area (Å²) in [6.45, 7) is 4.52. The van der Waals surface area contributed by atoms with E-state index >= 15 is 0 Å². The number of hydrogen-bond donors (Lipinski definition) is 2. The van der Waals surface area contributed by atoms with Crippen molar-refractivity contribution in [2.75, 3.05) is 13.2 Å². The molecule has 3 atom stereocenters. The van der Waals surface area contributed by atoms with Crippen LogP contribution in [0.4, 0.5) is 4.79 Å². The second-order valence-electron chi connectivity index (χ2n) is 9.50. The molecule has 0 saturated carbocycles. The van der Waals surface area contributed by atoms with E-state index in [9.17, 15) is 19.5 Å². The molecule has 1 heterocycles. The molecule has 1 aliphatic carbocycles. The van der Waals surface area contributed by atoms with Crippen LogP contribution < -0.4 is 5.32 Å². The monoisotopic (exact) mass is 478 g/mol. The van der Waals surface area contributed by atoms with Gasteiger partial charge in [0.1, 0.15) is 18.7 Å². The molecular formula is C28H34N2O5. The number of nitrogens with zero attached hydrogens (tertiary/aromatic N) is 1. The van der Waals surface area contributed by atoms with Crippen LogP contribution >= 0.6 is 0 Å². The number of ether oxygens (including phenoxy) is 1. The van der Waals surface area contributed by atoms with Crippen LogP contribution in [0, 0.1) is 5.92 Å². The van der Waals surface area contributed by atoms with E-state index in [2.05, 4.69) is 29.6 Å². The zero-order valence-corrected chi connectivity index (χ0v) is 20.4. The molecule has 7 nitrogen and oxygen atoms in total. The Kier molecular flexibility index (Phi) is 7.73. The highest BCUT2D eigenvalue weighted by molar-refractivity contribution is 5.89. The molecule has 2 unspecified atom stereocenters. The molecule has 0 spiro atoms. The molecule has 1 fully saturated rings. The molecule has 2 amide bonds. The molecule has 2 N–H and O–H groups in total. The van der Waals surface area contributed by atoms with Crippen molar-refractivity contribution in [1.82, 2.24) is 10.2 Å². The average Bonchev–Trinajstić information content (AvgIpc) is 3.20. The number of alkyl carbamates (subject to hydrolysis) is 1. The first-order valence-corrected chi connectivity index (χ1v) is 12.6. The summed E-state index contributed by atoms with van der Waals surface area (Å²) in [5.74, 6) is -1.12. The van der Waals surface area contributed by atoms with E-state index in [1.165, 1.54) is 4.90 Å². The lowest BCUT2D eigenvalue weighted by atomic mass is 9.88. The van der Waals surface area contributed by atoms with Crippen LogP contribution in [0.3, 0.4) is 0 Å². The van der Waals surface area contributed by atoms with Crippen molar-refractivity contribution in [3.63, 3.8) is 0 Å². The van der Waals surface area contributed by atoms with Gasteiger partial charge in [-0.05, 0) is 47.4 Å². The zero-order valence-electron chi connectivity index (χ0n) is 20.4. The largest absolute Gasteiger partial charge is 0.480 e. The summed E-state index contributed by atoms with van der Waals surface area (Å²) in [6.07, 6.45) is 2.54. The van der Waals surface area contributed by atoms with Gasteiger partial charge in [0.05, 0.1) is 0 Å². The number of benzene rings is 2. The molecule has 35 heavy (non-hydrogen) atoms. The van der Waals surface area contributed by atoms with Gasteiger partial charge in [0, 0.05) is 12.5 Å². The van der Waals surface area contributed by atoms with Crippen LogP contribution in [0.5, 0.6) is 0 Å². The Bertz CT molecular complexity index is 1040. The molecule has 186 valence electrons. The molecule has 1 aliphatic heterocycles. The number of piperidine rings is 1. The molecule has 4 rings (SSSR count). The summed E-state index contributed by atoms with van der Waals surface area (Å²) < 4.78 is 5.63. The van der Waals surface area contributed by atoms with Crippen LogP contribution in [0.15, 0.2) is 48.5 Å². The second-order valence-corrected chi connectivity index (χ2v) is 9.50. The quantitative estimate of drug-likeness (QED) is 0.568. The highest BCUT2D eigenvalue weighted by Gasteiger charge is 2.38. The second kappa shape index (κ2) is 10.9. The first-order chi connectivity index (χ1) is 16.9. The lowest BCUT2D eigenvalue weighted by Gasteiger charge is -2.38. The minimum absolute atomic E-state index is 0.0714. The molecule has 7 heteroatoms. The number of carbonyl (C=O) groups excluding carboxylic acids is 2. The number of nitrogens with one attached hydrogen (secondary N) is 1. The van der Waals surface area contributed by atoms with Crippen LogP contribution in [0.2, 0.25) is 0 Å². The smallest absolute Gasteiger partial charge is 0.407 e. The SMILES string of the molecule is CCC[C@H](NC(=O)OCC1c2ccccc2-c2ccccc21)C(=O)N1CCC(CC)CC1C(=O)O. The van der Waals surface area contributed by atoms with Gasteiger partial charge in [-0.25, -0.2) is 9.59 Å². The minimum atomic E-state index is -0.993. The Morgan fingerprint density at radius 3 is 2.26 bits per heavy atom. The summed E-state index contributed by atoms with van der Waals surface area (Å²) >= 11 is 0. The Morgan fingerprint density at radius 1 is 1.06 bits per heavy atom. The maximum absolute atomic E-state index is 13.3. The third-order valence-corrected chi connectivity index (χ3v) is 7.37. The predicted octanol–water partition coefficient (Wildman–Crippen LogP) is 4.80. The number of carboxylic acid groups (broad SMARTS) is 1. The predicted molar refractivity (Wildman–Crippen MR) is 133 cm³/mol. The van der Waals surface area contributed by atoms with E-state index in [0.29, 0.717) is 31.7 Å². The Hall–Kier alpha value is -3.35. The number of rotatable bonds is 8. The number of amides is 2. The van der Waals surface area contributed by atoms with Crippen molar-refractivity contribution >= 4 is 18.0 Å². The van der Waals surface area contributed by atoms with Crippen LogP contribution in [0.25, 0.3) is 11.1 Å². The fraction of sp³-hybridized carbons (Fsp3) is 0.464. The van der Waals surface area contributed by atoms with Crippen molar-refractivity contribution < 1.29 is 24.2 Å². The lowest BCUT2D eigenvalue weighted by Crippen LogP contribution is -2.56. The summed E-state index contributed by atoms with van der Waals surface area (Å²) in [5, 5.41) is 12.5. The van der Waals surface area contributed by atoms with Gasteiger partial charge in [-0.3, -0.25) is 4.79 Å². The first-order valence-electron chi connectivity index (χ1n) is 12.6. The van der Waals surface area contributed by atoms with Gasteiger partial charge in [0.15, 0.2) is 0 Å². The summed E-state index contributed by atoms with van der Waals surface area (Å²) in [7, 11) is 0. The average molecular weight is 479 g/mol. The third-order valence-electron chi connectivity index (χ3n) is 7.37. The molecule has 0 aromatic heterocycles. The van der Waals surface area contributed by atoms with E-state index < -0.39 is 24.1 Å². The van der Waals surface area contributed by atoms with Gasteiger partial charge in [-0.1, -0.05) is 75.2 Å². The molecule has 2 aliphatic rings. The van der Waals surface area contributed by atoms with Gasteiger partial charge in [-0.2, -0.15) is 0 Å². The van der Waals surface area contributed by atoms with Crippen molar-refractivity contribution in [3.05, 3.63) is 59.7 Å². The van der Waals surface area contributed by atoms with Crippen LogP contribution in [0.1, 0.15) is 63.0 Å². The van der Waals surface area contributed by atoms with Gasteiger partial charge in [0.2, 0.25) is 5.91 Å². The van der Waals surface area contributed by atoms with Gasteiger partial charge in [0.25, 0.3) is 0 Å². The molecule has 0 radical (unpaired) electrons. The maximum Gasteiger partial charge on any atom is 0.407 e. The molecular weight excluding hydrogens is 444 g/mol. The van der Waals surface area contributed by atoms with Gasteiger partial charge >= 0.3 is 12.1 Å². The fourth-order valence-corrected chi connectivity index (χ4v) is 5.44. The Balaban J connectivity index is 1.42. The number of carboxylic acids is 1. The number of likely N-dealkylation sites (tertiary alicyclic amines) is 1. The molecule has 2 aromatic rings. The van der Waals surface area contributed by atoms with Gasteiger partial charge < -0.3 is 20.1 Å². The van der Waals surface area contributed by atoms with Crippen molar-refractivity contribution in [2.45, 2.75) is 64.0 Å². The molecule has 1 saturated heterocycles. The van der Waals surface area contributed by atoms with Gasteiger partial charge in [-0.15, -0.1) is 0 Å². The first kappa shape index (κ1) is 24.8. The standard InChI is InChI=1S/C28H34N2O5/c1-3-9-24(26(31)30-15-14-18(4-2)16-25(30)27(32)33)29-28(34)35-17-23-21-12-7-5-10-19(21)20-11-6-8-13-22(20)23/h5-8,10-13,18,23-25H,3-4,9,14-17H2,1-2H3,(H,29,34)(H,32,33)/t18?,24-,25?/m0/s1. The maximum atomic E-state index is 13.3. The highest BCUT2D eigenvalue weighted by Crippen LogP contribution is 2.44. The number of aliphatic carboxylic acids is 1. The third kappa shape index (κ3) is 5.19.